The lowest BCUT2D eigenvalue weighted by Gasteiger charge is -2.20. The Hall–Kier alpha value is -0.460. The predicted molar refractivity (Wildman–Crippen MR) is 35.6 cm³/mol. The molecule has 0 aromatic rings. The predicted octanol–water partition coefficient (Wildman–Crippen LogP) is 1.47. The molecule has 0 unspecified atom stereocenters. The van der Waals surface area contributed by atoms with Crippen molar-refractivity contribution in [3.63, 3.8) is 0 Å². The first-order chi connectivity index (χ1) is 3.79. The fraction of sp³-hybridized carbons (Fsp3) is 0.714. The highest BCUT2D eigenvalue weighted by atomic mass is 15.1. The van der Waals surface area contributed by atoms with Crippen molar-refractivity contribution in [3.8, 4) is 0 Å². The van der Waals surface area contributed by atoms with Gasteiger partial charge in [0.15, 0.2) is 0 Å². The zero-order chi connectivity index (χ0) is 5.98. The molecule has 0 amide bonds. The molecule has 1 aliphatic rings. The van der Waals surface area contributed by atoms with E-state index in [4.69, 9.17) is 0 Å². The Morgan fingerprint density at radius 1 is 1.62 bits per heavy atom. The fourth-order valence-electron chi connectivity index (χ4n) is 0.872. The largest absolute Gasteiger partial charge is 0.381 e. The van der Waals surface area contributed by atoms with Gasteiger partial charge in [0.2, 0.25) is 0 Å². The van der Waals surface area contributed by atoms with Gasteiger partial charge in [-0.25, -0.2) is 0 Å². The van der Waals surface area contributed by atoms with E-state index in [9.17, 15) is 0 Å². The maximum absolute atomic E-state index is 2.25. The van der Waals surface area contributed by atoms with E-state index in [2.05, 4.69) is 31.1 Å². The number of nitrogens with zero attached hydrogens (tertiary/aromatic N) is 1. The Balaban J connectivity index is 2.42. The minimum Gasteiger partial charge on any atom is -0.381 e. The topological polar surface area (TPSA) is 3.24 Å². The summed E-state index contributed by atoms with van der Waals surface area (Å²) in [6.45, 7) is 3.47. The van der Waals surface area contributed by atoms with Crippen LogP contribution in [0.25, 0.3) is 0 Å². The zero-order valence-corrected chi connectivity index (χ0v) is 5.59. The third-order valence-corrected chi connectivity index (χ3v) is 1.61. The zero-order valence-electron chi connectivity index (χ0n) is 5.59. The minimum absolute atomic E-state index is 0.797. The van der Waals surface area contributed by atoms with Crippen LogP contribution in [0.5, 0.6) is 0 Å². The molecule has 0 radical (unpaired) electrons. The molecule has 1 atom stereocenters. The van der Waals surface area contributed by atoms with Gasteiger partial charge in [-0.3, -0.25) is 0 Å². The average Bonchev–Trinajstić information content (AvgIpc) is 1.77. The van der Waals surface area contributed by atoms with Crippen molar-refractivity contribution >= 4 is 0 Å². The molecule has 0 aromatic carbocycles. The molecule has 0 N–H and O–H groups in total. The van der Waals surface area contributed by atoms with E-state index in [1.807, 2.05) is 0 Å². The van der Waals surface area contributed by atoms with Crippen molar-refractivity contribution in [1.82, 2.24) is 4.90 Å². The molecule has 0 bridgehead atoms. The molecule has 0 spiro atoms. The molecule has 1 heterocycles. The molecular weight excluding hydrogens is 98.1 g/mol. The molecular formula is C7H13N. The lowest BCUT2D eigenvalue weighted by Crippen LogP contribution is -2.18. The SMILES string of the molecule is C[C@H]1C=CN(C)CC1. The van der Waals surface area contributed by atoms with E-state index in [-0.39, 0.29) is 0 Å². The van der Waals surface area contributed by atoms with Gasteiger partial charge in [-0.05, 0) is 18.5 Å². The van der Waals surface area contributed by atoms with Crippen molar-refractivity contribution < 1.29 is 0 Å². The highest BCUT2D eigenvalue weighted by Crippen LogP contribution is 2.09. The third kappa shape index (κ3) is 1.25. The Labute approximate surface area is 51.0 Å². The Morgan fingerprint density at radius 2 is 2.38 bits per heavy atom. The summed E-state index contributed by atoms with van der Waals surface area (Å²) in [5, 5.41) is 0. The van der Waals surface area contributed by atoms with Crippen LogP contribution in [0.1, 0.15) is 13.3 Å². The second kappa shape index (κ2) is 2.21. The highest BCUT2D eigenvalue weighted by Gasteiger charge is 2.03. The second-order valence-electron chi connectivity index (χ2n) is 2.59. The van der Waals surface area contributed by atoms with E-state index in [1.165, 1.54) is 13.0 Å². The third-order valence-electron chi connectivity index (χ3n) is 1.61. The summed E-state index contributed by atoms with van der Waals surface area (Å²) in [5.41, 5.74) is 0. The van der Waals surface area contributed by atoms with Gasteiger partial charge < -0.3 is 4.90 Å². The van der Waals surface area contributed by atoms with Crippen LogP contribution in [0.3, 0.4) is 0 Å². The Bertz CT molecular complexity index is 84.6. The Morgan fingerprint density at radius 3 is 2.75 bits per heavy atom. The van der Waals surface area contributed by atoms with Gasteiger partial charge in [-0.1, -0.05) is 13.0 Å². The van der Waals surface area contributed by atoms with Crippen molar-refractivity contribution in [1.29, 1.82) is 0 Å². The summed E-state index contributed by atoms with van der Waals surface area (Å²) in [4.78, 5) is 2.22. The van der Waals surface area contributed by atoms with Crippen LogP contribution < -0.4 is 0 Å². The monoisotopic (exact) mass is 111 g/mol. The van der Waals surface area contributed by atoms with E-state index < -0.39 is 0 Å². The van der Waals surface area contributed by atoms with Crippen LogP contribution in [0.15, 0.2) is 12.3 Å². The molecule has 0 saturated carbocycles. The van der Waals surface area contributed by atoms with Gasteiger partial charge in [-0.2, -0.15) is 0 Å². The van der Waals surface area contributed by atoms with Gasteiger partial charge in [-0.15, -0.1) is 0 Å². The summed E-state index contributed by atoms with van der Waals surface area (Å²) in [6, 6.07) is 0. The second-order valence-corrected chi connectivity index (χ2v) is 2.59. The number of hydrogen-bond acceptors (Lipinski definition) is 1. The van der Waals surface area contributed by atoms with Crippen molar-refractivity contribution in [2.75, 3.05) is 13.6 Å². The van der Waals surface area contributed by atoms with Gasteiger partial charge >= 0.3 is 0 Å². The number of rotatable bonds is 0. The van der Waals surface area contributed by atoms with Crippen molar-refractivity contribution in [2.45, 2.75) is 13.3 Å². The maximum atomic E-state index is 2.25. The molecule has 46 valence electrons. The van der Waals surface area contributed by atoms with E-state index in [0.717, 1.165) is 5.92 Å². The number of allylic oxidation sites excluding steroid dienone is 1. The standard InChI is InChI=1S/C7H13N/c1-7-3-5-8(2)6-4-7/h3,5,7H,4,6H2,1-2H3/t7-/m0/s1. The van der Waals surface area contributed by atoms with Crippen LogP contribution in [0, 0.1) is 5.92 Å². The molecule has 1 aliphatic heterocycles. The van der Waals surface area contributed by atoms with Crippen LogP contribution in [-0.2, 0) is 0 Å². The summed E-state index contributed by atoms with van der Waals surface area (Å²) < 4.78 is 0. The molecule has 1 nitrogen and oxygen atoms in total. The van der Waals surface area contributed by atoms with E-state index in [0.29, 0.717) is 0 Å². The van der Waals surface area contributed by atoms with Crippen LogP contribution >= 0.6 is 0 Å². The van der Waals surface area contributed by atoms with E-state index in [1.54, 1.807) is 0 Å². The lowest BCUT2D eigenvalue weighted by molar-refractivity contribution is 0.388. The van der Waals surface area contributed by atoms with Crippen molar-refractivity contribution in [3.05, 3.63) is 12.3 Å². The summed E-state index contributed by atoms with van der Waals surface area (Å²) >= 11 is 0. The minimum atomic E-state index is 0.797. The highest BCUT2D eigenvalue weighted by molar-refractivity contribution is 4.90. The quantitative estimate of drug-likeness (QED) is 0.457. The first-order valence-electron chi connectivity index (χ1n) is 3.17. The van der Waals surface area contributed by atoms with Gasteiger partial charge in [0.05, 0.1) is 0 Å². The molecule has 8 heavy (non-hydrogen) atoms. The first kappa shape index (κ1) is 5.67. The van der Waals surface area contributed by atoms with Crippen LogP contribution in [0.4, 0.5) is 0 Å². The summed E-state index contributed by atoms with van der Waals surface area (Å²) in [5.74, 6) is 0.797. The molecule has 0 fully saturated rings. The Kier molecular flexibility index (Phi) is 1.56. The normalized spacial score (nSPS) is 28.8. The number of hydrogen-bond donors (Lipinski definition) is 0. The van der Waals surface area contributed by atoms with E-state index >= 15 is 0 Å². The summed E-state index contributed by atoms with van der Waals surface area (Å²) in [7, 11) is 2.11. The molecule has 1 rings (SSSR count). The van der Waals surface area contributed by atoms with Gasteiger partial charge in [0.25, 0.3) is 0 Å². The average molecular weight is 111 g/mol. The van der Waals surface area contributed by atoms with Gasteiger partial charge in [0.1, 0.15) is 0 Å². The maximum Gasteiger partial charge on any atom is 0.0174 e. The first-order valence-corrected chi connectivity index (χ1v) is 3.17. The lowest BCUT2D eigenvalue weighted by atomic mass is 10.1. The molecule has 0 aromatic heterocycles. The molecule has 0 saturated heterocycles. The molecule has 0 aliphatic carbocycles. The smallest absolute Gasteiger partial charge is 0.0174 e. The summed E-state index contributed by atoms with van der Waals surface area (Å²) in [6.07, 6.45) is 5.73. The molecule has 1 heteroatoms. The van der Waals surface area contributed by atoms with Crippen molar-refractivity contribution in [2.24, 2.45) is 5.92 Å². The van der Waals surface area contributed by atoms with Crippen LogP contribution in [-0.4, -0.2) is 18.5 Å². The fourth-order valence-corrected chi connectivity index (χ4v) is 0.872. The van der Waals surface area contributed by atoms with Crippen LogP contribution in [0.2, 0.25) is 0 Å². The van der Waals surface area contributed by atoms with Gasteiger partial charge in [0, 0.05) is 13.6 Å².